The van der Waals surface area contributed by atoms with Gasteiger partial charge in [-0.1, -0.05) is 26.0 Å². The Labute approximate surface area is 136 Å². The van der Waals surface area contributed by atoms with Gasteiger partial charge in [-0.2, -0.15) is 5.10 Å². The molecule has 0 unspecified atom stereocenters. The van der Waals surface area contributed by atoms with Crippen LogP contribution in [-0.4, -0.2) is 20.7 Å². The number of hydrogen-bond donors (Lipinski definition) is 2. The second-order valence-corrected chi connectivity index (χ2v) is 6.30. The van der Waals surface area contributed by atoms with Crippen LogP contribution in [0.3, 0.4) is 0 Å². The molecular weight excluding hydrogens is 286 g/mol. The zero-order valence-corrected chi connectivity index (χ0v) is 14.1. The van der Waals surface area contributed by atoms with Crippen LogP contribution in [0.15, 0.2) is 35.4 Å². The summed E-state index contributed by atoms with van der Waals surface area (Å²) in [5.41, 5.74) is 8.54. The molecule has 0 aliphatic carbocycles. The lowest BCUT2D eigenvalue weighted by molar-refractivity contribution is 0.509. The Bertz CT molecular complexity index is 805. The standard InChI is InChI=1S/C18H23N5/c1-12(2)11-23-13(3)9-15(14(23)4)10-19-22-18-20-16-7-5-6-8-17(16)21-18/h5-10,12H,11H2,1-4H3,(H2,20,21,22)/b19-10+. The topological polar surface area (TPSA) is 58.0 Å². The van der Waals surface area contributed by atoms with Crippen molar-refractivity contribution in [1.82, 2.24) is 14.5 Å². The van der Waals surface area contributed by atoms with Crippen molar-refractivity contribution in [3.63, 3.8) is 0 Å². The first kappa shape index (κ1) is 15.3. The van der Waals surface area contributed by atoms with Crippen molar-refractivity contribution < 1.29 is 0 Å². The van der Waals surface area contributed by atoms with Gasteiger partial charge < -0.3 is 9.55 Å². The van der Waals surface area contributed by atoms with Crippen LogP contribution in [0.4, 0.5) is 5.95 Å². The number of hydrogen-bond acceptors (Lipinski definition) is 3. The average molecular weight is 309 g/mol. The van der Waals surface area contributed by atoms with Crippen LogP contribution in [0.5, 0.6) is 0 Å². The Balaban J connectivity index is 1.75. The van der Waals surface area contributed by atoms with Gasteiger partial charge in [0, 0.05) is 23.5 Å². The number of hydrazone groups is 1. The van der Waals surface area contributed by atoms with Gasteiger partial charge in [0.05, 0.1) is 17.2 Å². The Morgan fingerprint density at radius 3 is 2.83 bits per heavy atom. The molecule has 0 radical (unpaired) electrons. The van der Waals surface area contributed by atoms with Crippen molar-refractivity contribution in [2.45, 2.75) is 34.2 Å². The maximum Gasteiger partial charge on any atom is 0.222 e. The summed E-state index contributed by atoms with van der Waals surface area (Å²) >= 11 is 0. The second kappa shape index (κ2) is 6.28. The fraction of sp³-hybridized carbons (Fsp3) is 0.333. The van der Waals surface area contributed by atoms with Crippen molar-refractivity contribution in [2.24, 2.45) is 11.0 Å². The summed E-state index contributed by atoms with van der Waals surface area (Å²) in [6.45, 7) is 9.77. The fourth-order valence-corrected chi connectivity index (χ4v) is 2.77. The highest BCUT2D eigenvalue weighted by atomic mass is 15.3. The third-order valence-electron chi connectivity index (χ3n) is 3.92. The summed E-state index contributed by atoms with van der Waals surface area (Å²) in [4.78, 5) is 7.64. The third kappa shape index (κ3) is 3.28. The minimum absolute atomic E-state index is 0.623. The van der Waals surface area contributed by atoms with Gasteiger partial charge in [0.15, 0.2) is 0 Å². The number of imidazole rings is 1. The molecule has 0 amide bonds. The van der Waals surface area contributed by atoms with Gasteiger partial charge in [0.1, 0.15) is 0 Å². The number of nitrogens with one attached hydrogen (secondary N) is 2. The molecule has 0 saturated heterocycles. The molecule has 23 heavy (non-hydrogen) atoms. The molecule has 0 aliphatic rings. The number of para-hydroxylation sites is 2. The molecule has 5 heteroatoms. The van der Waals surface area contributed by atoms with Crippen LogP contribution in [0.1, 0.15) is 30.8 Å². The minimum Gasteiger partial charge on any atom is -0.348 e. The van der Waals surface area contributed by atoms with E-state index < -0.39 is 0 Å². The largest absolute Gasteiger partial charge is 0.348 e. The molecule has 0 saturated carbocycles. The van der Waals surface area contributed by atoms with E-state index >= 15 is 0 Å². The van der Waals surface area contributed by atoms with E-state index in [0.29, 0.717) is 11.9 Å². The smallest absolute Gasteiger partial charge is 0.222 e. The molecule has 0 spiro atoms. The van der Waals surface area contributed by atoms with Gasteiger partial charge in [-0.3, -0.25) is 0 Å². The average Bonchev–Trinajstić information content (AvgIpc) is 3.03. The monoisotopic (exact) mass is 309 g/mol. The Kier molecular flexibility index (Phi) is 4.19. The number of fused-ring (bicyclic) bond motifs is 1. The zero-order chi connectivity index (χ0) is 16.4. The molecule has 2 aromatic heterocycles. The number of aromatic nitrogens is 3. The Morgan fingerprint density at radius 1 is 1.30 bits per heavy atom. The van der Waals surface area contributed by atoms with E-state index in [1.165, 1.54) is 11.4 Å². The summed E-state index contributed by atoms with van der Waals surface area (Å²) in [7, 11) is 0. The molecule has 0 aliphatic heterocycles. The van der Waals surface area contributed by atoms with Gasteiger partial charge in [-0.25, -0.2) is 10.4 Å². The van der Waals surface area contributed by atoms with Gasteiger partial charge in [-0.15, -0.1) is 0 Å². The summed E-state index contributed by atoms with van der Waals surface area (Å²) in [5, 5.41) is 4.32. The van der Waals surface area contributed by atoms with Gasteiger partial charge in [-0.05, 0) is 38.0 Å². The maximum atomic E-state index is 4.44. The maximum absolute atomic E-state index is 4.44. The first-order valence-electron chi connectivity index (χ1n) is 7.95. The SMILES string of the molecule is Cc1cc(/C=N/Nc2nc3ccccc3[nH]2)c(C)n1CC(C)C. The first-order valence-corrected chi connectivity index (χ1v) is 7.95. The Morgan fingerprint density at radius 2 is 2.09 bits per heavy atom. The third-order valence-corrected chi connectivity index (χ3v) is 3.92. The van der Waals surface area contributed by atoms with E-state index in [1.807, 2.05) is 30.5 Å². The van der Waals surface area contributed by atoms with Crippen molar-refractivity contribution in [2.75, 3.05) is 5.43 Å². The van der Waals surface area contributed by atoms with E-state index in [0.717, 1.165) is 23.1 Å². The summed E-state index contributed by atoms with van der Waals surface area (Å²) in [5.74, 6) is 1.27. The number of rotatable bonds is 5. The van der Waals surface area contributed by atoms with Crippen LogP contribution in [0, 0.1) is 19.8 Å². The van der Waals surface area contributed by atoms with Crippen molar-refractivity contribution in [3.05, 3.63) is 47.3 Å². The van der Waals surface area contributed by atoms with Crippen molar-refractivity contribution >= 4 is 23.2 Å². The molecule has 2 heterocycles. The molecule has 0 atom stereocenters. The highest BCUT2D eigenvalue weighted by Crippen LogP contribution is 2.16. The fourth-order valence-electron chi connectivity index (χ4n) is 2.77. The number of aromatic amines is 1. The van der Waals surface area contributed by atoms with E-state index in [-0.39, 0.29) is 0 Å². The van der Waals surface area contributed by atoms with Crippen LogP contribution >= 0.6 is 0 Å². The van der Waals surface area contributed by atoms with Crippen LogP contribution < -0.4 is 5.43 Å². The van der Waals surface area contributed by atoms with Crippen LogP contribution in [-0.2, 0) is 6.54 Å². The van der Waals surface area contributed by atoms with Crippen molar-refractivity contribution in [1.29, 1.82) is 0 Å². The molecule has 2 N–H and O–H groups in total. The lowest BCUT2D eigenvalue weighted by Crippen LogP contribution is -2.08. The van der Waals surface area contributed by atoms with Crippen LogP contribution in [0.25, 0.3) is 11.0 Å². The lowest BCUT2D eigenvalue weighted by Gasteiger charge is -2.11. The van der Waals surface area contributed by atoms with Gasteiger partial charge in [0.2, 0.25) is 5.95 Å². The molecular formula is C18H23N5. The molecule has 120 valence electrons. The predicted molar refractivity (Wildman–Crippen MR) is 96.1 cm³/mol. The molecule has 1 aromatic carbocycles. The minimum atomic E-state index is 0.623. The predicted octanol–water partition coefficient (Wildman–Crippen LogP) is 4.08. The highest BCUT2D eigenvalue weighted by molar-refractivity contribution is 5.82. The normalized spacial score (nSPS) is 11.9. The molecule has 5 nitrogen and oxygen atoms in total. The molecule has 0 fully saturated rings. The molecule has 0 bridgehead atoms. The second-order valence-electron chi connectivity index (χ2n) is 6.30. The van der Waals surface area contributed by atoms with E-state index in [2.05, 4.69) is 58.8 Å². The lowest BCUT2D eigenvalue weighted by atomic mass is 10.2. The van der Waals surface area contributed by atoms with Gasteiger partial charge >= 0.3 is 0 Å². The quantitative estimate of drug-likeness (QED) is 0.551. The molecule has 3 aromatic rings. The van der Waals surface area contributed by atoms with E-state index in [9.17, 15) is 0 Å². The number of nitrogens with zero attached hydrogens (tertiary/aromatic N) is 3. The van der Waals surface area contributed by atoms with E-state index in [4.69, 9.17) is 0 Å². The van der Waals surface area contributed by atoms with Crippen LogP contribution in [0.2, 0.25) is 0 Å². The first-order chi connectivity index (χ1) is 11.0. The number of aryl methyl sites for hydroxylation is 1. The number of anilines is 1. The van der Waals surface area contributed by atoms with Gasteiger partial charge in [0.25, 0.3) is 0 Å². The van der Waals surface area contributed by atoms with E-state index in [1.54, 1.807) is 0 Å². The summed E-state index contributed by atoms with van der Waals surface area (Å²) < 4.78 is 2.34. The molecule has 3 rings (SSSR count). The highest BCUT2D eigenvalue weighted by Gasteiger charge is 2.08. The Hall–Kier alpha value is -2.56. The number of H-pyrrole nitrogens is 1. The summed E-state index contributed by atoms with van der Waals surface area (Å²) in [6.07, 6.45) is 1.85. The number of benzene rings is 1. The summed E-state index contributed by atoms with van der Waals surface area (Å²) in [6, 6.07) is 10.1. The zero-order valence-electron chi connectivity index (χ0n) is 14.1. The van der Waals surface area contributed by atoms with Crippen molar-refractivity contribution in [3.8, 4) is 0 Å².